The third-order valence-electron chi connectivity index (χ3n) is 6.90. The summed E-state index contributed by atoms with van der Waals surface area (Å²) in [6.45, 7) is 12.0. The molecule has 0 aliphatic carbocycles. The predicted octanol–water partition coefficient (Wildman–Crippen LogP) is 4.73. The summed E-state index contributed by atoms with van der Waals surface area (Å²) in [5.41, 5.74) is 5.98. The predicted molar refractivity (Wildman–Crippen MR) is 127 cm³/mol. The van der Waals surface area contributed by atoms with Crippen LogP contribution in [0.25, 0.3) is 11.0 Å². The molecule has 7 nitrogen and oxygen atoms in total. The molecule has 5 rings (SSSR count). The second-order valence-electron chi connectivity index (χ2n) is 9.70. The van der Waals surface area contributed by atoms with E-state index < -0.39 is 0 Å². The third-order valence-corrected chi connectivity index (χ3v) is 6.90. The van der Waals surface area contributed by atoms with E-state index in [0.29, 0.717) is 5.92 Å². The lowest BCUT2D eigenvalue weighted by molar-refractivity contribution is 0.358. The van der Waals surface area contributed by atoms with Gasteiger partial charge in [-0.1, -0.05) is 13.0 Å². The van der Waals surface area contributed by atoms with Gasteiger partial charge in [0.1, 0.15) is 5.82 Å². The number of anilines is 2. The molecular formula is C24H35N7. The van der Waals surface area contributed by atoms with Gasteiger partial charge in [0, 0.05) is 43.8 Å². The van der Waals surface area contributed by atoms with Crippen LogP contribution in [0.4, 0.5) is 11.5 Å². The Bertz CT molecular complexity index is 1100. The molecule has 0 unspecified atom stereocenters. The van der Waals surface area contributed by atoms with Gasteiger partial charge in [-0.3, -0.25) is 4.68 Å². The van der Waals surface area contributed by atoms with Gasteiger partial charge in [-0.05, 0) is 57.7 Å². The second-order valence-corrected chi connectivity index (χ2v) is 9.70. The van der Waals surface area contributed by atoms with Crippen molar-refractivity contribution in [2.75, 3.05) is 22.9 Å². The first kappa shape index (κ1) is 21.6. The van der Waals surface area contributed by atoms with E-state index in [1.807, 2.05) is 17.9 Å². The molecule has 3 aromatic rings. The zero-order chi connectivity index (χ0) is 21.0. The third kappa shape index (κ3) is 3.65. The zero-order valence-corrected chi connectivity index (χ0v) is 19.5. The van der Waals surface area contributed by atoms with Crippen LogP contribution in [0.5, 0.6) is 0 Å². The standard InChI is InChI=1S/C24H32N6.H3N/c1-16-14-29(20-12-17(2)26-23-19(20)13-25-28(23)5)15-18-8-9-21(27-22(16)18)30-11-7-6-10-24(30,3)4;/h8-9,12-13,16H,6-7,10-11,14-15H2,1-5H3;1H3/t16-;/m0./s1. The summed E-state index contributed by atoms with van der Waals surface area (Å²) in [6.07, 6.45) is 5.75. The van der Waals surface area contributed by atoms with Gasteiger partial charge in [0.15, 0.2) is 5.65 Å². The summed E-state index contributed by atoms with van der Waals surface area (Å²) >= 11 is 0. The monoisotopic (exact) mass is 421 g/mol. The highest BCUT2D eigenvalue weighted by molar-refractivity contribution is 5.89. The quantitative estimate of drug-likeness (QED) is 0.644. The van der Waals surface area contributed by atoms with Crippen molar-refractivity contribution >= 4 is 22.5 Å². The molecule has 5 heterocycles. The van der Waals surface area contributed by atoms with Crippen LogP contribution in [-0.4, -0.2) is 38.4 Å². The van der Waals surface area contributed by atoms with Crippen molar-refractivity contribution in [3.8, 4) is 0 Å². The number of hydrogen-bond acceptors (Lipinski definition) is 6. The Kier molecular flexibility index (Phi) is 5.41. The molecule has 1 atom stereocenters. The lowest BCUT2D eigenvalue weighted by Crippen LogP contribution is -2.48. The minimum atomic E-state index is 0. The molecule has 166 valence electrons. The minimum Gasteiger partial charge on any atom is -0.366 e. The summed E-state index contributed by atoms with van der Waals surface area (Å²) in [4.78, 5) is 14.9. The normalized spacial score (nSPS) is 20.5. The molecule has 3 aromatic heterocycles. The smallest absolute Gasteiger partial charge is 0.159 e. The average molecular weight is 422 g/mol. The molecule has 0 aromatic carbocycles. The Hall–Kier alpha value is -2.67. The Morgan fingerprint density at radius 3 is 2.71 bits per heavy atom. The molecule has 0 spiro atoms. The largest absolute Gasteiger partial charge is 0.366 e. The van der Waals surface area contributed by atoms with Crippen LogP contribution in [0.15, 0.2) is 24.4 Å². The van der Waals surface area contributed by atoms with Crippen LogP contribution in [0.2, 0.25) is 0 Å². The number of nitrogens with zero attached hydrogens (tertiary/aromatic N) is 6. The van der Waals surface area contributed by atoms with Crippen LogP contribution in [0.3, 0.4) is 0 Å². The van der Waals surface area contributed by atoms with Crippen molar-refractivity contribution in [3.05, 3.63) is 41.3 Å². The maximum Gasteiger partial charge on any atom is 0.159 e. The highest BCUT2D eigenvalue weighted by Crippen LogP contribution is 2.37. The van der Waals surface area contributed by atoms with Crippen molar-refractivity contribution in [2.24, 2.45) is 7.05 Å². The summed E-state index contributed by atoms with van der Waals surface area (Å²) in [6, 6.07) is 6.73. The van der Waals surface area contributed by atoms with Crippen molar-refractivity contribution in [1.82, 2.24) is 25.9 Å². The first-order valence-corrected chi connectivity index (χ1v) is 11.2. The van der Waals surface area contributed by atoms with Crippen molar-refractivity contribution in [2.45, 2.75) is 65.0 Å². The highest BCUT2D eigenvalue weighted by atomic mass is 15.3. The van der Waals surface area contributed by atoms with Gasteiger partial charge in [0.2, 0.25) is 0 Å². The summed E-state index contributed by atoms with van der Waals surface area (Å²) in [7, 11) is 1.96. The van der Waals surface area contributed by atoms with Gasteiger partial charge in [0.25, 0.3) is 0 Å². The maximum absolute atomic E-state index is 5.20. The van der Waals surface area contributed by atoms with Gasteiger partial charge < -0.3 is 16.0 Å². The molecule has 7 heteroatoms. The Morgan fingerprint density at radius 1 is 1.13 bits per heavy atom. The highest BCUT2D eigenvalue weighted by Gasteiger charge is 2.32. The lowest BCUT2D eigenvalue weighted by atomic mass is 9.90. The molecule has 0 saturated carbocycles. The zero-order valence-electron chi connectivity index (χ0n) is 19.5. The van der Waals surface area contributed by atoms with Gasteiger partial charge in [-0.15, -0.1) is 0 Å². The first-order chi connectivity index (χ1) is 14.3. The van der Waals surface area contributed by atoms with Crippen molar-refractivity contribution in [1.29, 1.82) is 0 Å². The van der Waals surface area contributed by atoms with Crippen LogP contribution in [0, 0.1) is 6.92 Å². The SMILES string of the molecule is Cc1cc(N2Cc3ccc(N4CCCCC4(C)C)nc3[C@@H](C)C2)c2cnn(C)c2n1.N. The molecule has 3 N–H and O–H groups in total. The van der Waals surface area contributed by atoms with Crippen LogP contribution in [-0.2, 0) is 13.6 Å². The summed E-state index contributed by atoms with van der Waals surface area (Å²) in [5, 5.41) is 5.57. The number of aryl methyl sites for hydroxylation is 2. The molecule has 0 amide bonds. The van der Waals surface area contributed by atoms with E-state index in [1.54, 1.807) is 0 Å². The molecule has 2 aliphatic heterocycles. The van der Waals surface area contributed by atoms with E-state index in [0.717, 1.165) is 42.2 Å². The molecule has 1 fully saturated rings. The molecule has 0 radical (unpaired) electrons. The first-order valence-electron chi connectivity index (χ1n) is 11.2. The number of hydrogen-bond donors (Lipinski definition) is 1. The number of rotatable bonds is 2. The Balaban J connectivity index is 0.00000231. The fourth-order valence-electron chi connectivity index (χ4n) is 5.25. The van der Waals surface area contributed by atoms with Crippen LogP contribution in [0.1, 0.15) is 62.9 Å². The maximum atomic E-state index is 5.20. The Morgan fingerprint density at radius 2 is 1.94 bits per heavy atom. The van der Waals surface area contributed by atoms with E-state index >= 15 is 0 Å². The molecule has 1 saturated heterocycles. The van der Waals surface area contributed by atoms with E-state index in [4.69, 9.17) is 4.98 Å². The Labute approximate surface area is 185 Å². The lowest BCUT2D eigenvalue weighted by Gasteiger charge is -2.44. The van der Waals surface area contributed by atoms with Crippen molar-refractivity contribution in [3.63, 3.8) is 0 Å². The average Bonchev–Trinajstić information content (AvgIpc) is 3.07. The van der Waals surface area contributed by atoms with E-state index in [9.17, 15) is 0 Å². The van der Waals surface area contributed by atoms with Gasteiger partial charge in [0.05, 0.1) is 23.0 Å². The number of aromatic nitrogens is 4. The number of fused-ring (bicyclic) bond motifs is 2. The molecule has 31 heavy (non-hydrogen) atoms. The number of pyridine rings is 2. The van der Waals surface area contributed by atoms with E-state index in [1.165, 1.54) is 36.2 Å². The summed E-state index contributed by atoms with van der Waals surface area (Å²) < 4.78 is 1.86. The van der Waals surface area contributed by atoms with Gasteiger partial charge in [-0.25, -0.2) is 9.97 Å². The van der Waals surface area contributed by atoms with Gasteiger partial charge >= 0.3 is 0 Å². The summed E-state index contributed by atoms with van der Waals surface area (Å²) in [5.74, 6) is 1.52. The van der Waals surface area contributed by atoms with E-state index in [-0.39, 0.29) is 11.7 Å². The molecular weight excluding hydrogens is 386 g/mol. The number of piperidine rings is 1. The topological polar surface area (TPSA) is 85.1 Å². The molecule has 2 aliphatic rings. The van der Waals surface area contributed by atoms with Gasteiger partial charge in [-0.2, -0.15) is 5.10 Å². The van der Waals surface area contributed by atoms with Crippen LogP contribution >= 0.6 is 0 Å². The fourth-order valence-corrected chi connectivity index (χ4v) is 5.25. The van der Waals surface area contributed by atoms with E-state index in [2.05, 4.69) is 65.8 Å². The second kappa shape index (κ2) is 7.79. The fraction of sp³-hybridized carbons (Fsp3) is 0.542. The minimum absolute atomic E-state index is 0. The van der Waals surface area contributed by atoms with Crippen molar-refractivity contribution < 1.29 is 0 Å². The molecule has 0 bridgehead atoms. The van der Waals surface area contributed by atoms with Crippen LogP contribution < -0.4 is 16.0 Å².